The van der Waals surface area contributed by atoms with Crippen LogP contribution < -0.4 is 10.0 Å². The van der Waals surface area contributed by atoms with Gasteiger partial charge in [0.2, 0.25) is 0 Å². The van der Waals surface area contributed by atoms with Crippen LogP contribution in [0.2, 0.25) is 0 Å². The van der Waals surface area contributed by atoms with Gasteiger partial charge in [-0.05, 0) is 60.0 Å². The standard InChI is InChI=1S/C24H25N3O3S2/c1-4-15-25-24(28)19-7-14-23(26-16-19)31-21-10-8-20(9-11-21)27-32(29,30)22-12-5-18(6-13-22)17(2)3/h4-14,16-17,27H,1,15H2,2-3H3,(H,25,28). The van der Waals surface area contributed by atoms with Crippen LogP contribution in [0.3, 0.4) is 0 Å². The lowest BCUT2D eigenvalue weighted by Gasteiger charge is -2.10. The SMILES string of the molecule is C=CCNC(=O)c1ccc(Sc2ccc(NS(=O)(=O)c3ccc(C(C)C)cc3)cc2)nc1. The number of amides is 1. The summed E-state index contributed by atoms with van der Waals surface area (Å²) in [5, 5.41) is 3.43. The Morgan fingerprint density at radius 3 is 2.31 bits per heavy atom. The lowest BCUT2D eigenvalue weighted by atomic mass is 10.0. The minimum absolute atomic E-state index is 0.204. The van der Waals surface area contributed by atoms with Crippen molar-refractivity contribution in [1.29, 1.82) is 0 Å². The Hall–Kier alpha value is -3.10. The molecule has 1 heterocycles. The molecule has 0 saturated carbocycles. The van der Waals surface area contributed by atoms with Crippen LogP contribution in [-0.4, -0.2) is 25.9 Å². The molecule has 1 amide bonds. The highest BCUT2D eigenvalue weighted by atomic mass is 32.2. The topological polar surface area (TPSA) is 88.2 Å². The fraction of sp³-hybridized carbons (Fsp3) is 0.167. The minimum atomic E-state index is -3.66. The van der Waals surface area contributed by atoms with Crippen molar-refractivity contribution < 1.29 is 13.2 Å². The van der Waals surface area contributed by atoms with Crippen LogP contribution >= 0.6 is 11.8 Å². The third-order valence-corrected chi connectivity index (χ3v) is 6.95. The fourth-order valence-corrected chi connectivity index (χ4v) is 4.61. The molecule has 0 atom stereocenters. The Balaban J connectivity index is 1.63. The van der Waals surface area contributed by atoms with Crippen LogP contribution in [0, 0.1) is 0 Å². The molecule has 2 N–H and O–H groups in total. The number of benzene rings is 2. The smallest absolute Gasteiger partial charge is 0.261 e. The van der Waals surface area contributed by atoms with Gasteiger partial charge in [-0.2, -0.15) is 0 Å². The first-order valence-electron chi connectivity index (χ1n) is 10.0. The van der Waals surface area contributed by atoms with Crippen LogP contribution in [-0.2, 0) is 10.0 Å². The molecule has 6 nitrogen and oxygen atoms in total. The zero-order valence-corrected chi connectivity index (χ0v) is 19.5. The van der Waals surface area contributed by atoms with Crippen molar-refractivity contribution in [2.75, 3.05) is 11.3 Å². The van der Waals surface area contributed by atoms with Gasteiger partial charge in [0.25, 0.3) is 15.9 Å². The highest BCUT2D eigenvalue weighted by molar-refractivity contribution is 7.99. The lowest BCUT2D eigenvalue weighted by molar-refractivity contribution is 0.0957. The summed E-state index contributed by atoms with van der Waals surface area (Å²) in [6.07, 6.45) is 3.13. The first-order valence-corrected chi connectivity index (χ1v) is 12.3. The van der Waals surface area contributed by atoms with Gasteiger partial charge in [0.15, 0.2) is 0 Å². The maximum absolute atomic E-state index is 12.6. The summed E-state index contributed by atoms with van der Waals surface area (Å²) in [6.45, 7) is 8.09. The first-order chi connectivity index (χ1) is 15.3. The third-order valence-electron chi connectivity index (χ3n) is 4.59. The van der Waals surface area contributed by atoms with E-state index in [-0.39, 0.29) is 10.8 Å². The minimum Gasteiger partial charge on any atom is -0.349 e. The second-order valence-electron chi connectivity index (χ2n) is 7.34. The number of rotatable bonds is 9. The van der Waals surface area contributed by atoms with E-state index in [1.54, 1.807) is 42.5 Å². The van der Waals surface area contributed by atoms with Crippen molar-refractivity contribution in [3.63, 3.8) is 0 Å². The number of hydrogen-bond acceptors (Lipinski definition) is 5. The van der Waals surface area contributed by atoms with Gasteiger partial charge in [-0.15, -0.1) is 6.58 Å². The van der Waals surface area contributed by atoms with E-state index in [1.165, 1.54) is 18.0 Å². The summed E-state index contributed by atoms with van der Waals surface area (Å²) in [4.78, 5) is 17.3. The number of sulfonamides is 1. The largest absolute Gasteiger partial charge is 0.349 e. The first kappa shape index (κ1) is 23.6. The van der Waals surface area contributed by atoms with Crippen LogP contribution in [0.15, 0.2) is 94.3 Å². The monoisotopic (exact) mass is 467 g/mol. The van der Waals surface area contributed by atoms with Gasteiger partial charge in [0.05, 0.1) is 10.5 Å². The molecule has 0 saturated heterocycles. The maximum atomic E-state index is 12.6. The number of nitrogens with zero attached hydrogens (tertiary/aromatic N) is 1. The van der Waals surface area contributed by atoms with Gasteiger partial charge < -0.3 is 5.32 Å². The van der Waals surface area contributed by atoms with E-state index in [1.807, 2.05) is 24.3 Å². The Morgan fingerprint density at radius 2 is 1.75 bits per heavy atom. The average Bonchev–Trinajstić information content (AvgIpc) is 2.79. The number of aromatic nitrogens is 1. The number of nitrogens with one attached hydrogen (secondary N) is 2. The number of hydrogen-bond donors (Lipinski definition) is 2. The summed E-state index contributed by atoms with van der Waals surface area (Å²) >= 11 is 1.42. The van der Waals surface area contributed by atoms with Crippen molar-refractivity contribution in [3.8, 4) is 0 Å². The van der Waals surface area contributed by atoms with Gasteiger partial charge in [-0.3, -0.25) is 9.52 Å². The van der Waals surface area contributed by atoms with E-state index in [0.717, 1.165) is 15.5 Å². The molecule has 1 aromatic heterocycles. The van der Waals surface area contributed by atoms with Crippen molar-refractivity contribution in [1.82, 2.24) is 10.3 Å². The Morgan fingerprint density at radius 1 is 1.06 bits per heavy atom. The van der Waals surface area contributed by atoms with Gasteiger partial charge in [-0.1, -0.05) is 43.8 Å². The van der Waals surface area contributed by atoms with Crippen molar-refractivity contribution in [3.05, 3.63) is 90.6 Å². The van der Waals surface area contributed by atoms with Crippen LogP contribution in [0.25, 0.3) is 0 Å². The molecule has 0 bridgehead atoms. The summed E-state index contributed by atoms with van der Waals surface area (Å²) in [5.41, 5.74) is 2.04. The number of carbonyl (C=O) groups is 1. The number of anilines is 1. The number of carbonyl (C=O) groups excluding carboxylic acids is 1. The maximum Gasteiger partial charge on any atom is 0.261 e. The second-order valence-corrected chi connectivity index (χ2v) is 10.1. The van der Waals surface area contributed by atoms with E-state index in [0.29, 0.717) is 23.7 Å². The van der Waals surface area contributed by atoms with Crippen molar-refractivity contribution >= 4 is 33.4 Å². The molecule has 0 aliphatic heterocycles. The van der Waals surface area contributed by atoms with Crippen LogP contribution in [0.5, 0.6) is 0 Å². The summed E-state index contributed by atoms with van der Waals surface area (Å²) in [5.74, 6) is 0.134. The highest BCUT2D eigenvalue weighted by Gasteiger charge is 2.14. The Kier molecular flexibility index (Phi) is 7.71. The summed E-state index contributed by atoms with van der Waals surface area (Å²) in [7, 11) is -3.66. The normalized spacial score (nSPS) is 11.2. The van der Waals surface area contributed by atoms with Gasteiger partial charge in [-0.25, -0.2) is 13.4 Å². The third kappa shape index (κ3) is 6.21. The Bertz CT molecular complexity index is 1170. The predicted molar refractivity (Wildman–Crippen MR) is 129 cm³/mol. The van der Waals surface area contributed by atoms with Gasteiger partial charge >= 0.3 is 0 Å². The lowest BCUT2D eigenvalue weighted by Crippen LogP contribution is -2.23. The van der Waals surface area contributed by atoms with E-state index in [9.17, 15) is 13.2 Å². The molecule has 0 unspecified atom stereocenters. The zero-order chi connectivity index (χ0) is 23.1. The molecule has 3 aromatic rings. The van der Waals surface area contributed by atoms with E-state index in [2.05, 4.69) is 35.4 Å². The molecule has 0 aliphatic rings. The molecule has 8 heteroatoms. The van der Waals surface area contributed by atoms with Gasteiger partial charge in [0, 0.05) is 23.3 Å². The molecule has 0 spiro atoms. The molecule has 32 heavy (non-hydrogen) atoms. The van der Waals surface area contributed by atoms with E-state index in [4.69, 9.17) is 0 Å². The van der Waals surface area contributed by atoms with E-state index >= 15 is 0 Å². The summed E-state index contributed by atoms with van der Waals surface area (Å²) in [6, 6.07) is 17.4. The highest BCUT2D eigenvalue weighted by Crippen LogP contribution is 2.28. The van der Waals surface area contributed by atoms with E-state index < -0.39 is 10.0 Å². The molecule has 0 aliphatic carbocycles. The van der Waals surface area contributed by atoms with Crippen molar-refractivity contribution in [2.45, 2.75) is 34.6 Å². The summed E-state index contributed by atoms with van der Waals surface area (Å²) < 4.78 is 27.9. The van der Waals surface area contributed by atoms with Crippen LogP contribution in [0.1, 0.15) is 35.7 Å². The molecule has 2 aromatic carbocycles. The second kappa shape index (κ2) is 10.5. The predicted octanol–water partition coefficient (Wildman–Crippen LogP) is 5.07. The molecular weight excluding hydrogens is 442 g/mol. The zero-order valence-electron chi connectivity index (χ0n) is 17.9. The Labute approximate surface area is 193 Å². The molecule has 166 valence electrons. The number of pyridine rings is 1. The average molecular weight is 468 g/mol. The molecule has 3 rings (SSSR count). The molecule has 0 fully saturated rings. The van der Waals surface area contributed by atoms with Crippen molar-refractivity contribution in [2.24, 2.45) is 0 Å². The fourth-order valence-electron chi connectivity index (χ4n) is 2.80. The quantitative estimate of drug-likeness (QED) is 0.429. The van der Waals surface area contributed by atoms with Gasteiger partial charge in [0.1, 0.15) is 5.03 Å². The molecular formula is C24H25N3O3S2. The molecule has 0 radical (unpaired) electrons. The van der Waals surface area contributed by atoms with Crippen LogP contribution in [0.4, 0.5) is 5.69 Å².